The minimum Gasteiger partial charge on any atom is -0.389 e. The molecule has 1 aromatic carbocycles. The molecule has 0 spiro atoms. The van der Waals surface area contributed by atoms with Gasteiger partial charge in [-0.2, -0.15) is 0 Å². The van der Waals surface area contributed by atoms with Crippen LogP contribution in [0.25, 0.3) is 0 Å². The number of aliphatic hydroxyl groups is 1. The van der Waals surface area contributed by atoms with E-state index >= 15 is 0 Å². The molecule has 1 saturated heterocycles. The summed E-state index contributed by atoms with van der Waals surface area (Å²) < 4.78 is 33.5. The minimum absolute atomic E-state index is 0.138. The Morgan fingerprint density at radius 1 is 1.26 bits per heavy atom. The summed E-state index contributed by atoms with van der Waals surface area (Å²) in [6.45, 7) is 10.5. The zero-order chi connectivity index (χ0) is 17.4. The number of aryl methyl sites for hydroxylation is 1. The van der Waals surface area contributed by atoms with Crippen molar-refractivity contribution in [3.8, 4) is 0 Å². The normalized spacial score (nSPS) is 23.0. The quantitative estimate of drug-likeness (QED) is 0.882. The molecule has 1 aromatic rings. The third-order valence-electron chi connectivity index (χ3n) is 4.41. The Kier molecular flexibility index (Phi) is 5.21. The van der Waals surface area contributed by atoms with E-state index in [9.17, 15) is 13.5 Å². The molecule has 0 amide bonds. The summed E-state index contributed by atoms with van der Waals surface area (Å²) in [7, 11) is -3.69. The van der Waals surface area contributed by atoms with Gasteiger partial charge in [-0.1, -0.05) is 26.8 Å². The van der Waals surface area contributed by atoms with Gasteiger partial charge in [0.2, 0.25) is 10.0 Å². The molecule has 0 saturated carbocycles. The van der Waals surface area contributed by atoms with Crippen LogP contribution < -0.4 is 4.72 Å². The van der Waals surface area contributed by atoms with Crippen LogP contribution >= 0.6 is 0 Å². The molecule has 2 N–H and O–H groups in total. The monoisotopic (exact) mass is 341 g/mol. The first kappa shape index (κ1) is 18.4. The van der Waals surface area contributed by atoms with Crippen molar-refractivity contribution in [2.75, 3.05) is 13.2 Å². The lowest BCUT2D eigenvalue weighted by Gasteiger charge is -2.29. The number of benzene rings is 1. The molecule has 5 nitrogen and oxygen atoms in total. The number of sulfonamides is 1. The Morgan fingerprint density at radius 2 is 1.91 bits per heavy atom. The standard InChI is InChI=1S/C17H27NO4S/c1-11-8-13(17(3,4)5)9-16(12(11)2)23(20,21)18-14-6-7-22-10-15(14)19/h8-9,14-15,18-19H,6-7,10H2,1-5H3/t14-,15-/m1/s1. The number of nitrogens with one attached hydrogen (secondary N) is 1. The molecule has 1 fully saturated rings. The van der Waals surface area contributed by atoms with Crippen LogP contribution in [0.3, 0.4) is 0 Å². The van der Waals surface area contributed by atoms with Gasteiger partial charge in [0.05, 0.1) is 23.6 Å². The molecular formula is C17H27NO4S. The van der Waals surface area contributed by atoms with Gasteiger partial charge in [-0.05, 0) is 48.4 Å². The van der Waals surface area contributed by atoms with E-state index in [1.165, 1.54) is 0 Å². The lowest BCUT2D eigenvalue weighted by molar-refractivity contribution is -0.0222. The number of rotatable bonds is 3. The predicted molar refractivity (Wildman–Crippen MR) is 90.2 cm³/mol. The van der Waals surface area contributed by atoms with E-state index in [-0.39, 0.29) is 12.0 Å². The van der Waals surface area contributed by atoms with Gasteiger partial charge in [-0.25, -0.2) is 13.1 Å². The van der Waals surface area contributed by atoms with Crippen molar-refractivity contribution in [2.24, 2.45) is 0 Å². The van der Waals surface area contributed by atoms with E-state index in [0.717, 1.165) is 16.7 Å². The van der Waals surface area contributed by atoms with E-state index in [2.05, 4.69) is 25.5 Å². The van der Waals surface area contributed by atoms with Gasteiger partial charge < -0.3 is 9.84 Å². The molecule has 0 aromatic heterocycles. The summed E-state index contributed by atoms with van der Waals surface area (Å²) >= 11 is 0. The zero-order valence-electron chi connectivity index (χ0n) is 14.5. The number of hydrogen-bond donors (Lipinski definition) is 2. The molecule has 0 bridgehead atoms. The van der Waals surface area contributed by atoms with E-state index in [1.807, 2.05) is 19.9 Å². The second-order valence-electron chi connectivity index (χ2n) is 7.32. The molecule has 1 aliphatic heterocycles. The molecule has 6 heteroatoms. The van der Waals surface area contributed by atoms with Crippen LogP contribution in [-0.2, 0) is 20.2 Å². The Bertz CT molecular complexity index is 677. The molecule has 2 atom stereocenters. The van der Waals surface area contributed by atoms with Crippen molar-refractivity contribution >= 4 is 10.0 Å². The molecule has 130 valence electrons. The van der Waals surface area contributed by atoms with Crippen molar-refractivity contribution in [3.63, 3.8) is 0 Å². The second-order valence-corrected chi connectivity index (χ2v) is 9.01. The average Bonchev–Trinajstić information content (AvgIpc) is 2.42. The van der Waals surface area contributed by atoms with E-state index in [1.54, 1.807) is 6.07 Å². The Morgan fingerprint density at radius 3 is 2.48 bits per heavy atom. The van der Waals surface area contributed by atoms with Gasteiger partial charge in [-0.3, -0.25) is 0 Å². The summed E-state index contributed by atoms with van der Waals surface area (Å²) in [6, 6.07) is 3.28. The summed E-state index contributed by atoms with van der Waals surface area (Å²) in [5, 5.41) is 9.93. The fourth-order valence-corrected chi connectivity index (χ4v) is 4.31. The van der Waals surface area contributed by atoms with Gasteiger partial charge in [0.25, 0.3) is 0 Å². The van der Waals surface area contributed by atoms with E-state index < -0.39 is 22.2 Å². The minimum atomic E-state index is -3.69. The van der Waals surface area contributed by atoms with Crippen LogP contribution in [0.2, 0.25) is 0 Å². The van der Waals surface area contributed by atoms with Crippen molar-refractivity contribution in [1.82, 2.24) is 4.72 Å². The number of hydrogen-bond acceptors (Lipinski definition) is 4. The van der Waals surface area contributed by atoms with Crippen molar-refractivity contribution in [1.29, 1.82) is 0 Å². The van der Waals surface area contributed by atoms with Crippen LogP contribution in [0.1, 0.15) is 43.9 Å². The first-order chi connectivity index (χ1) is 10.5. The third-order valence-corrected chi connectivity index (χ3v) is 6.02. The molecule has 1 aliphatic rings. The maximum absolute atomic E-state index is 12.8. The highest BCUT2D eigenvalue weighted by molar-refractivity contribution is 7.89. The fraction of sp³-hybridized carbons (Fsp3) is 0.647. The first-order valence-electron chi connectivity index (χ1n) is 7.92. The number of ether oxygens (including phenoxy) is 1. The summed E-state index contributed by atoms with van der Waals surface area (Å²) in [5.41, 5.74) is 2.53. The Labute approximate surface area is 139 Å². The smallest absolute Gasteiger partial charge is 0.241 e. The summed E-state index contributed by atoms with van der Waals surface area (Å²) in [5.74, 6) is 0. The molecule has 0 unspecified atom stereocenters. The Hall–Kier alpha value is -0.950. The fourth-order valence-electron chi connectivity index (χ4n) is 2.66. The third kappa shape index (κ3) is 4.12. The van der Waals surface area contributed by atoms with Crippen LogP contribution in [0.15, 0.2) is 17.0 Å². The van der Waals surface area contributed by atoms with Crippen LogP contribution in [0, 0.1) is 13.8 Å². The lowest BCUT2D eigenvalue weighted by atomic mass is 9.85. The first-order valence-corrected chi connectivity index (χ1v) is 9.40. The van der Waals surface area contributed by atoms with E-state index in [0.29, 0.717) is 17.9 Å². The van der Waals surface area contributed by atoms with Crippen LogP contribution in [0.4, 0.5) is 0 Å². The van der Waals surface area contributed by atoms with Crippen LogP contribution in [-0.4, -0.2) is 38.9 Å². The van der Waals surface area contributed by atoms with Crippen molar-refractivity contribution in [2.45, 2.75) is 63.5 Å². The highest BCUT2D eigenvalue weighted by Crippen LogP contribution is 2.29. The SMILES string of the molecule is Cc1cc(C(C)(C)C)cc(S(=O)(=O)N[C@@H]2CCOC[C@H]2O)c1C. The highest BCUT2D eigenvalue weighted by atomic mass is 32.2. The van der Waals surface area contributed by atoms with Gasteiger partial charge in [-0.15, -0.1) is 0 Å². The van der Waals surface area contributed by atoms with Crippen LogP contribution in [0.5, 0.6) is 0 Å². The molecule has 1 heterocycles. The number of aliphatic hydroxyl groups excluding tert-OH is 1. The maximum Gasteiger partial charge on any atom is 0.241 e. The topological polar surface area (TPSA) is 75.6 Å². The lowest BCUT2D eigenvalue weighted by Crippen LogP contribution is -2.48. The van der Waals surface area contributed by atoms with E-state index in [4.69, 9.17) is 4.74 Å². The molecule has 0 radical (unpaired) electrons. The van der Waals surface area contributed by atoms with Gasteiger partial charge >= 0.3 is 0 Å². The van der Waals surface area contributed by atoms with Crippen molar-refractivity contribution in [3.05, 3.63) is 28.8 Å². The van der Waals surface area contributed by atoms with Gasteiger partial charge in [0.15, 0.2) is 0 Å². The predicted octanol–water partition coefficient (Wildman–Crippen LogP) is 2.03. The molecule has 23 heavy (non-hydrogen) atoms. The van der Waals surface area contributed by atoms with Crippen molar-refractivity contribution < 1.29 is 18.3 Å². The average molecular weight is 341 g/mol. The Balaban J connectivity index is 2.41. The summed E-state index contributed by atoms with van der Waals surface area (Å²) in [4.78, 5) is 0.293. The largest absolute Gasteiger partial charge is 0.389 e. The van der Waals surface area contributed by atoms with Gasteiger partial charge in [0, 0.05) is 6.61 Å². The van der Waals surface area contributed by atoms with Gasteiger partial charge in [0.1, 0.15) is 0 Å². The second kappa shape index (κ2) is 6.51. The molecule has 2 rings (SSSR count). The zero-order valence-corrected chi connectivity index (χ0v) is 15.3. The maximum atomic E-state index is 12.8. The molecule has 0 aliphatic carbocycles. The highest BCUT2D eigenvalue weighted by Gasteiger charge is 2.30. The summed E-state index contributed by atoms with van der Waals surface area (Å²) in [6.07, 6.45) is -0.345. The molecular weight excluding hydrogens is 314 g/mol.